The highest BCUT2D eigenvalue weighted by Gasteiger charge is 2.14. The van der Waals surface area contributed by atoms with Crippen LogP contribution in [-0.2, 0) is 4.79 Å². The van der Waals surface area contributed by atoms with E-state index in [1.54, 1.807) is 55.5 Å². The lowest BCUT2D eigenvalue weighted by Crippen LogP contribution is -2.30. The third-order valence-electron chi connectivity index (χ3n) is 2.65. The number of anilines is 2. The van der Waals surface area contributed by atoms with Crippen molar-refractivity contribution in [2.24, 2.45) is 0 Å². The van der Waals surface area contributed by atoms with Crippen LogP contribution < -0.4 is 15.8 Å². The van der Waals surface area contributed by atoms with Crippen LogP contribution >= 0.6 is 11.6 Å². The molecule has 104 valence electrons. The maximum Gasteiger partial charge on any atom is 0.265 e. The molecule has 20 heavy (non-hydrogen) atoms. The van der Waals surface area contributed by atoms with Gasteiger partial charge in [0.15, 0.2) is 6.10 Å². The van der Waals surface area contributed by atoms with Crippen LogP contribution in [0.4, 0.5) is 11.4 Å². The number of halogens is 1. The third-order valence-corrected chi connectivity index (χ3v) is 2.90. The predicted molar refractivity (Wildman–Crippen MR) is 81.0 cm³/mol. The Kier molecular flexibility index (Phi) is 4.48. The molecule has 0 saturated heterocycles. The first kappa shape index (κ1) is 14.2. The number of rotatable bonds is 4. The number of hydrogen-bond donors (Lipinski definition) is 2. The number of ether oxygens (including phenoxy) is 1. The number of benzene rings is 2. The molecule has 0 heterocycles. The molecule has 0 aliphatic heterocycles. The average Bonchev–Trinajstić information content (AvgIpc) is 2.41. The normalized spacial score (nSPS) is 11.7. The van der Waals surface area contributed by atoms with Crippen molar-refractivity contribution in [3.05, 3.63) is 53.6 Å². The molecule has 0 aliphatic rings. The van der Waals surface area contributed by atoms with Crippen molar-refractivity contribution in [2.45, 2.75) is 13.0 Å². The van der Waals surface area contributed by atoms with Gasteiger partial charge in [-0.05, 0) is 43.3 Å². The van der Waals surface area contributed by atoms with E-state index in [0.29, 0.717) is 22.1 Å². The fraction of sp³-hybridized carbons (Fsp3) is 0.133. The van der Waals surface area contributed by atoms with E-state index in [4.69, 9.17) is 22.1 Å². The number of carbonyl (C=O) groups excluding carboxylic acids is 1. The van der Waals surface area contributed by atoms with Crippen molar-refractivity contribution < 1.29 is 9.53 Å². The molecule has 1 atom stereocenters. The second-order valence-electron chi connectivity index (χ2n) is 4.33. The summed E-state index contributed by atoms with van der Waals surface area (Å²) in [5, 5.41) is 3.37. The summed E-state index contributed by atoms with van der Waals surface area (Å²) in [7, 11) is 0. The molecule has 0 fully saturated rings. The second-order valence-corrected chi connectivity index (χ2v) is 4.77. The lowest BCUT2D eigenvalue weighted by Gasteiger charge is -2.15. The molecule has 0 radical (unpaired) electrons. The Morgan fingerprint density at radius 2 is 1.95 bits per heavy atom. The minimum absolute atomic E-state index is 0.241. The largest absolute Gasteiger partial charge is 0.481 e. The van der Waals surface area contributed by atoms with E-state index in [-0.39, 0.29) is 5.91 Å². The second kappa shape index (κ2) is 6.30. The summed E-state index contributed by atoms with van der Waals surface area (Å²) in [5.74, 6) is 0.318. The summed E-state index contributed by atoms with van der Waals surface area (Å²) < 4.78 is 5.53. The van der Waals surface area contributed by atoms with E-state index < -0.39 is 6.10 Å². The summed E-state index contributed by atoms with van der Waals surface area (Å²) in [6.07, 6.45) is -0.632. The van der Waals surface area contributed by atoms with Gasteiger partial charge in [0.05, 0.1) is 0 Å². The maximum absolute atomic E-state index is 12.0. The molecule has 0 bridgehead atoms. The molecule has 0 aromatic heterocycles. The molecule has 1 unspecified atom stereocenters. The van der Waals surface area contributed by atoms with Crippen LogP contribution in [0.3, 0.4) is 0 Å². The van der Waals surface area contributed by atoms with Crippen molar-refractivity contribution >= 4 is 28.9 Å². The van der Waals surface area contributed by atoms with E-state index >= 15 is 0 Å². The van der Waals surface area contributed by atoms with Gasteiger partial charge in [0.1, 0.15) is 5.75 Å². The molecule has 2 aromatic carbocycles. The lowest BCUT2D eigenvalue weighted by molar-refractivity contribution is -0.122. The van der Waals surface area contributed by atoms with E-state index in [2.05, 4.69) is 5.32 Å². The Morgan fingerprint density at radius 3 is 2.60 bits per heavy atom. The quantitative estimate of drug-likeness (QED) is 0.849. The third kappa shape index (κ3) is 3.90. The molecule has 2 rings (SSSR count). The molecule has 0 aliphatic carbocycles. The Balaban J connectivity index is 1.96. The van der Waals surface area contributed by atoms with Gasteiger partial charge in [0.25, 0.3) is 5.91 Å². The SMILES string of the molecule is CC(Oc1cccc(N)c1)C(=O)Nc1ccc(Cl)cc1. The van der Waals surface area contributed by atoms with Gasteiger partial charge in [-0.3, -0.25) is 4.79 Å². The van der Waals surface area contributed by atoms with E-state index in [0.717, 1.165) is 0 Å². The van der Waals surface area contributed by atoms with Gasteiger partial charge in [-0.15, -0.1) is 0 Å². The molecule has 3 N–H and O–H groups in total. The van der Waals surface area contributed by atoms with Crippen molar-refractivity contribution in [3.8, 4) is 5.75 Å². The van der Waals surface area contributed by atoms with Gasteiger partial charge in [-0.2, -0.15) is 0 Å². The monoisotopic (exact) mass is 290 g/mol. The highest BCUT2D eigenvalue weighted by Crippen LogP contribution is 2.17. The Bertz CT molecular complexity index is 599. The first-order valence-electron chi connectivity index (χ1n) is 6.13. The highest BCUT2D eigenvalue weighted by molar-refractivity contribution is 6.30. The van der Waals surface area contributed by atoms with Crippen LogP contribution in [0.25, 0.3) is 0 Å². The summed E-state index contributed by atoms with van der Waals surface area (Å²) in [5.41, 5.74) is 6.91. The summed E-state index contributed by atoms with van der Waals surface area (Å²) >= 11 is 5.78. The first-order chi connectivity index (χ1) is 9.54. The predicted octanol–water partition coefficient (Wildman–Crippen LogP) is 3.33. The lowest BCUT2D eigenvalue weighted by atomic mass is 10.3. The van der Waals surface area contributed by atoms with Gasteiger partial charge in [-0.25, -0.2) is 0 Å². The summed E-state index contributed by atoms with van der Waals surface area (Å²) in [6.45, 7) is 1.68. The fourth-order valence-electron chi connectivity index (χ4n) is 1.62. The van der Waals surface area contributed by atoms with Crippen molar-refractivity contribution in [2.75, 3.05) is 11.1 Å². The molecule has 0 spiro atoms. The number of nitrogen functional groups attached to an aromatic ring is 1. The number of hydrogen-bond acceptors (Lipinski definition) is 3. The van der Waals surface area contributed by atoms with Crippen LogP contribution in [0.2, 0.25) is 5.02 Å². The minimum atomic E-state index is -0.632. The number of nitrogens with two attached hydrogens (primary N) is 1. The average molecular weight is 291 g/mol. The standard InChI is InChI=1S/C15H15ClN2O2/c1-10(20-14-4-2-3-12(17)9-14)15(19)18-13-7-5-11(16)6-8-13/h2-10H,17H2,1H3,(H,18,19). The van der Waals surface area contributed by atoms with E-state index in [1.807, 2.05) is 0 Å². The molecule has 2 aromatic rings. The van der Waals surface area contributed by atoms with Crippen molar-refractivity contribution in [1.29, 1.82) is 0 Å². The van der Waals surface area contributed by atoms with Crippen LogP contribution in [0.1, 0.15) is 6.92 Å². The van der Waals surface area contributed by atoms with Crippen molar-refractivity contribution in [3.63, 3.8) is 0 Å². The number of nitrogens with one attached hydrogen (secondary N) is 1. The van der Waals surface area contributed by atoms with Gasteiger partial charge in [0, 0.05) is 22.5 Å². The maximum atomic E-state index is 12.0. The van der Waals surface area contributed by atoms with Crippen LogP contribution in [0.5, 0.6) is 5.75 Å². The molecule has 0 saturated carbocycles. The highest BCUT2D eigenvalue weighted by atomic mass is 35.5. The zero-order valence-corrected chi connectivity index (χ0v) is 11.7. The zero-order valence-electron chi connectivity index (χ0n) is 11.0. The van der Waals surface area contributed by atoms with Gasteiger partial charge in [0.2, 0.25) is 0 Å². The topological polar surface area (TPSA) is 64.3 Å². The van der Waals surface area contributed by atoms with Gasteiger partial charge < -0.3 is 15.8 Å². The fourth-order valence-corrected chi connectivity index (χ4v) is 1.75. The van der Waals surface area contributed by atoms with Crippen LogP contribution in [0.15, 0.2) is 48.5 Å². The van der Waals surface area contributed by atoms with Crippen LogP contribution in [-0.4, -0.2) is 12.0 Å². The van der Waals surface area contributed by atoms with Gasteiger partial charge >= 0.3 is 0 Å². The number of amides is 1. The zero-order chi connectivity index (χ0) is 14.5. The molecule has 1 amide bonds. The molecule has 4 nitrogen and oxygen atoms in total. The Hall–Kier alpha value is -2.20. The summed E-state index contributed by atoms with van der Waals surface area (Å²) in [6, 6.07) is 13.8. The van der Waals surface area contributed by atoms with Crippen LogP contribution in [0, 0.1) is 0 Å². The van der Waals surface area contributed by atoms with E-state index in [9.17, 15) is 4.79 Å². The number of carbonyl (C=O) groups is 1. The molecular formula is C15H15ClN2O2. The molecule has 5 heteroatoms. The van der Waals surface area contributed by atoms with Gasteiger partial charge in [-0.1, -0.05) is 17.7 Å². The first-order valence-corrected chi connectivity index (χ1v) is 6.51. The molecular weight excluding hydrogens is 276 g/mol. The Labute approximate surface area is 122 Å². The van der Waals surface area contributed by atoms with Crippen molar-refractivity contribution in [1.82, 2.24) is 0 Å². The van der Waals surface area contributed by atoms with E-state index in [1.165, 1.54) is 0 Å². The smallest absolute Gasteiger partial charge is 0.265 e. The summed E-state index contributed by atoms with van der Waals surface area (Å²) in [4.78, 5) is 12.0. The Morgan fingerprint density at radius 1 is 1.25 bits per heavy atom. The minimum Gasteiger partial charge on any atom is -0.481 e.